The summed E-state index contributed by atoms with van der Waals surface area (Å²) in [4.78, 5) is 26.4. The van der Waals surface area contributed by atoms with Crippen LogP contribution in [0.3, 0.4) is 0 Å². The van der Waals surface area contributed by atoms with E-state index in [1.807, 2.05) is 13.8 Å². The smallest absolute Gasteiger partial charge is 0.242 e. The van der Waals surface area contributed by atoms with E-state index < -0.39 is 22.0 Å². The molecule has 2 aromatic carbocycles. The van der Waals surface area contributed by atoms with Crippen molar-refractivity contribution in [1.29, 1.82) is 0 Å². The standard InChI is InChI=1S/C23H29N3O5S/c1-15(2)13-21(23(28)24-18-5-7-19(31-4)8-6-18)25-32(29,30)20-9-10-22-17(14-20)11-12-26(22)16(3)27/h5-10,14-15,21,25H,11-13H2,1-4H3,(H,24,28). The highest BCUT2D eigenvalue weighted by molar-refractivity contribution is 7.89. The van der Waals surface area contributed by atoms with Gasteiger partial charge < -0.3 is 15.0 Å². The number of nitrogens with zero attached hydrogens (tertiary/aromatic N) is 1. The van der Waals surface area contributed by atoms with Gasteiger partial charge in [0.25, 0.3) is 0 Å². The average molecular weight is 460 g/mol. The molecule has 1 atom stereocenters. The van der Waals surface area contributed by atoms with Gasteiger partial charge in [0.1, 0.15) is 11.8 Å². The third-order valence-corrected chi connectivity index (χ3v) is 6.78. The molecule has 1 unspecified atom stereocenters. The van der Waals surface area contributed by atoms with Crippen molar-refractivity contribution in [1.82, 2.24) is 4.72 Å². The molecule has 2 N–H and O–H groups in total. The first-order chi connectivity index (χ1) is 15.1. The number of ether oxygens (including phenoxy) is 1. The Labute approximate surface area is 189 Å². The van der Waals surface area contributed by atoms with Gasteiger partial charge in [-0.2, -0.15) is 4.72 Å². The van der Waals surface area contributed by atoms with Crippen molar-refractivity contribution in [3.63, 3.8) is 0 Å². The molecule has 0 saturated heterocycles. The van der Waals surface area contributed by atoms with Gasteiger partial charge in [0.15, 0.2) is 0 Å². The molecule has 0 radical (unpaired) electrons. The van der Waals surface area contributed by atoms with Crippen molar-refractivity contribution >= 4 is 33.2 Å². The minimum atomic E-state index is -3.95. The van der Waals surface area contributed by atoms with Gasteiger partial charge in [0.05, 0.1) is 12.0 Å². The normalized spacial score (nSPS) is 14.2. The van der Waals surface area contributed by atoms with E-state index in [-0.39, 0.29) is 16.7 Å². The van der Waals surface area contributed by atoms with Crippen LogP contribution in [0, 0.1) is 5.92 Å². The zero-order valence-electron chi connectivity index (χ0n) is 18.7. The van der Waals surface area contributed by atoms with Crippen LogP contribution >= 0.6 is 0 Å². The highest BCUT2D eigenvalue weighted by atomic mass is 32.2. The molecule has 0 aliphatic carbocycles. The van der Waals surface area contributed by atoms with Crippen molar-refractivity contribution in [2.75, 3.05) is 23.9 Å². The van der Waals surface area contributed by atoms with Crippen LogP contribution in [0.4, 0.5) is 11.4 Å². The Morgan fingerprint density at radius 2 is 1.81 bits per heavy atom. The number of hydrogen-bond acceptors (Lipinski definition) is 5. The highest BCUT2D eigenvalue weighted by Crippen LogP contribution is 2.30. The zero-order valence-corrected chi connectivity index (χ0v) is 19.5. The first-order valence-electron chi connectivity index (χ1n) is 10.5. The molecule has 172 valence electrons. The molecular weight excluding hydrogens is 430 g/mol. The Kier molecular flexibility index (Phi) is 7.20. The van der Waals surface area contributed by atoms with E-state index in [9.17, 15) is 18.0 Å². The molecule has 3 rings (SSSR count). The molecule has 1 aliphatic rings. The monoisotopic (exact) mass is 459 g/mol. The van der Waals surface area contributed by atoms with Crippen molar-refractivity contribution < 1.29 is 22.7 Å². The summed E-state index contributed by atoms with van der Waals surface area (Å²) in [6.07, 6.45) is 0.927. The highest BCUT2D eigenvalue weighted by Gasteiger charge is 2.29. The van der Waals surface area contributed by atoms with E-state index in [0.717, 1.165) is 11.3 Å². The van der Waals surface area contributed by atoms with Gasteiger partial charge in [-0.25, -0.2) is 8.42 Å². The van der Waals surface area contributed by atoms with E-state index in [0.29, 0.717) is 30.8 Å². The van der Waals surface area contributed by atoms with E-state index in [2.05, 4.69) is 10.0 Å². The summed E-state index contributed by atoms with van der Waals surface area (Å²) in [5.41, 5.74) is 2.07. The number of carbonyl (C=O) groups excluding carboxylic acids is 2. The Morgan fingerprint density at radius 1 is 1.12 bits per heavy atom. The SMILES string of the molecule is COc1ccc(NC(=O)C(CC(C)C)NS(=O)(=O)c2ccc3c(c2)CCN3C(C)=O)cc1. The molecule has 2 amide bonds. The van der Waals surface area contributed by atoms with Crippen LogP contribution in [0.25, 0.3) is 0 Å². The number of sulfonamides is 1. The van der Waals surface area contributed by atoms with E-state index in [1.54, 1.807) is 48.4 Å². The van der Waals surface area contributed by atoms with E-state index in [4.69, 9.17) is 4.74 Å². The van der Waals surface area contributed by atoms with Gasteiger partial charge in [-0.05, 0) is 66.8 Å². The maximum atomic E-state index is 13.1. The van der Waals surface area contributed by atoms with Crippen molar-refractivity contribution in [2.24, 2.45) is 5.92 Å². The fourth-order valence-electron chi connectivity index (χ4n) is 3.71. The van der Waals surface area contributed by atoms with Crippen LogP contribution in [0.5, 0.6) is 5.75 Å². The quantitative estimate of drug-likeness (QED) is 0.632. The molecule has 1 aliphatic heterocycles. The molecule has 0 bridgehead atoms. The largest absolute Gasteiger partial charge is 0.497 e. The Bertz CT molecular complexity index is 1100. The summed E-state index contributed by atoms with van der Waals surface area (Å²) in [5, 5.41) is 2.77. The van der Waals surface area contributed by atoms with Crippen LogP contribution in [-0.2, 0) is 26.0 Å². The van der Waals surface area contributed by atoms with Crippen LogP contribution < -0.4 is 19.7 Å². The first kappa shape index (κ1) is 23.7. The number of hydrogen-bond donors (Lipinski definition) is 2. The van der Waals surface area contributed by atoms with Crippen LogP contribution in [0.2, 0.25) is 0 Å². The predicted molar refractivity (Wildman–Crippen MR) is 123 cm³/mol. The molecule has 0 saturated carbocycles. The number of amides is 2. The van der Waals surface area contributed by atoms with E-state index in [1.165, 1.54) is 13.0 Å². The fraction of sp³-hybridized carbons (Fsp3) is 0.391. The lowest BCUT2D eigenvalue weighted by molar-refractivity contribution is -0.118. The molecule has 9 heteroatoms. The number of methoxy groups -OCH3 is 1. The summed E-state index contributed by atoms with van der Waals surface area (Å²) in [5.74, 6) is 0.233. The predicted octanol–water partition coefficient (Wildman–Crippen LogP) is 2.94. The second-order valence-electron chi connectivity index (χ2n) is 8.23. The number of anilines is 2. The minimum Gasteiger partial charge on any atom is -0.497 e. The maximum Gasteiger partial charge on any atom is 0.242 e. The molecule has 0 fully saturated rings. The summed E-state index contributed by atoms with van der Waals surface area (Å²) in [6.45, 7) is 5.86. The third-order valence-electron chi connectivity index (χ3n) is 5.32. The van der Waals surface area contributed by atoms with Crippen molar-refractivity contribution in [2.45, 2.75) is 44.6 Å². The van der Waals surface area contributed by atoms with Crippen molar-refractivity contribution in [3.8, 4) is 5.75 Å². The number of carbonyl (C=O) groups is 2. The van der Waals surface area contributed by atoms with Crippen molar-refractivity contribution in [3.05, 3.63) is 48.0 Å². The number of fused-ring (bicyclic) bond motifs is 1. The second-order valence-corrected chi connectivity index (χ2v) is 9.95. The van der Waals surface area contributed by atoms with Gasteiger partial charge >= 0.3 is 0 Å². The van der Waals surface area contributed by atoms with Crippen LogP contribution in [-0.4, -0.2) is 39.9 Å². The summed E-state index contributed by atoms with van der Waals surface area (Å²) < 4.78 is 33.9. The topological polar surface area (TPSA) is 105 Å². The molecule has 8 nitrogen and oxygen atoms in total. The number of nitrogens with one attached hydrogen (secondary N) is 2. The van der Waals surface area contributed by atoms with E-state index >= 15 is 0 Å². The Balaban J connectivity index is 1.79. The lowest BCUT2D eigenvalue weighted by Crippen LogP contribution is -2.44. The van der Waals surface area contributed by atoms with Gasteiger partial charge in [-0.15, -0.1) is 0 Å². The lowest BCUT2D eigenvalue weighted by Gasteiger charge is -2.21. The fourth-order valence-corrected chi connectivity index (χ4v) is 4.97. The maximum absolute atomic E-state index is 13.1. The van der Waals surface area contributed by atoms with Gasteiger partial charge in [0, 0.05) is 24.8 Å². The summed E-state index contributed by atoms with van der Waals surface area (Å²) in [7, 11) is -2.39. The second kappa shape index (κ2) is 9.70. The number of rotatable bonds is 8. The summed E-state index contributed by atoms with van der Waals surface area (Å²) in [6, 6.07) is 10.6. The molecule has 1 heterocycles. The van der Waals surface area contributed by atoms with Gasteiger partial charge in [0.2, 0.25) is 21.8 Å². The summed E-state index contributed by atoms with van der Waals surface area (Å²) >= 11 is 0. The molecule has 0 spiro atoms. The molecule has 32 heavy (non-hydrogen) atoms. The number of benzene rings is 2. The Hall–Kier alpha value is -2.91. The van der Waals surface area contributed by atoms with Gasteiger partial charge in [-0.3, -0.25) is 9.59 Å². The minimum absolute atomic E-state index is 0.0765. The average Bonchev–Trinajstić information content (AvgIpc) is 3.17. The molecular formula is C23H29N3O5S. The van der Waals surface area contributed by atoms with Crippen LogP contribution in [0.1, 0.15) is 32.8 Å². The lowest BCUT2D eigenvalue weighted by atomic mass is 10.0. The molecule has 0 aromatic heterocycles. The Morgan fingerprint density at radius 3 is 2.41 bits per heavy atom. The van der Waals surface area contributed by atoms with Crippen LogP contribution in [0.15, 0.2) is 47.4 Å². The van der Waals surface area contributed by atoms with Gasteiger partial charge in [-0.1, -0.05) is 13.8 Å². The molecule has 2 aromatic rings. The first-order valence-corrected chi connectivity index (χ1v) is 12.0. The third kappa shape index (κ3) is 5.46. The zero-order chi connectivity index (χ0) is 23.5.